The molecule has 1 aromatic rings. The van der Waals surface area contributed by atoms with Gasteiger partial charge in [0.25, 0.3) is 0 Å². The van der Waals surface area contributed by atoms with Crippen molar-refractivity contribution >= 4 is 11.8 Å². The van der Waals surface area contributed by atoms with Crippen LogP contribution in [-0.4, -0.2) is 18.9 Å². The lowest BCUT2D eigenvalue weighted by Crippen LogP contribution is -2.10. The van der Waals surface area contributed by atoms with E-state index in [1.807, 2.05) is 6.92 Å². The number of ether oxygens (including phenoxy) is 2. The quantitative estimate of drug-likeness (QED) is 0.197. The minimum absolute atomic E-state index is 0.0160. The number of hydrogen-bond donors (Lipinski definition) is 2. The van der Waals surface area contributed by atoms with E-state index in [1.165, 1.54) is 16.7 Å². The zero-order valence-electron chi connectivity index (χ0n) is 20.7. The maximum atomic E-state index is 8.03. The van der Waals surface area contributed by atoms with Crippen LogP contribution in [0.25, 0.3) is 0 Å². The van der Waals surface area contributed by atoms with Gasteiger partial charge >= 0.3 is 0 Å². The first-order chi connectivity index (χ1) is 15.2. The molecule has 4 heteroatoms. The van der Waals surface area contributed by atoms with Gasteiger partial charge in [-0.3, -0.25) is 10.8 Å². The Morgan fingerprint density at radius 1 is 0.750 bits per heavy atom. The van der Waals surface area contributed by atoms with Gasteiger partial charge in [0.05, 0.1) is 7.11 Å². The third-order valence-electron chi connectivity index (χ3n) is 5.10. The Bertz CT molecular complexity index is 867. The van der Waals surface area contributed by atoms with Crippen LogP contribution in [0.3, 0.4) is 0 Å². The standard InChI is InChI=1S/C28H40N2O2/c1-21(2)10-7-11-22(3)12-8-13-23(4)14-9-15-24(5)20-27(29)32-28(30)25-16-18-26(31-6)19-17-25/h10,12,14,16-20,29-30H,7-9,11,13,15H2,1-6H3/b22-12+,23-14+,24-20+,29-27?,30-28?. The fraction of sp³-hybridized carbons (Fsp3) is 0.429. The highest BCUT2D eigenvalue weighted by Crippen LogP contribution is 2.15. The molecular weight excluding hydrogens is 396 g/mol. The summed E-state index contributed by atoms with van der Waals surface area (Å²) < 4.78 is 10.5. The van der Waals surface area contributed by atoms with Crippen molar-refractivity contribution in [3.63, 3.8) is 0 Å². The summed E-state index contributed by atoms with van der Waals surface area (Å²) in [6, 6.07) is 7.04. The van der Waals surface area contributed by atoms with Gasteiger partial charge in [-0.2, -0.15) is 0 Å². The van der Waals surface area contributed by atoms with Crippen LogP contribution in [0, 0.1) is 10.8 Å². The third kappa shape index (κ3) is 12.1. The zero-order chi connectivity index (χ0) is 23.9. The number of rotatable bonds is 12. The maximum Gasteiger partial charge on any atom is 0.221 e. The molecule has 0 aliphatic heterocycles. The summed E-state index contributed by atoms with van der Waals surface area (Å²) >= 11 is 0. The molecule has 0 saturated carbocycles. The number of nitrogens with one attached hydrogen (secondary N) is 2. The Labute approximate surface area is 194 Å². The number of benzene rings is 1. The van der Waals surface area contributed by atoms with Crippen LogP contribution in [0.1, 0.15) is 78.7 Å². The van der Waals surface area contributed by atoms with E-state index < -0.39 is 0 Å². The topological polar surface area (TPSA) is 66.2 Å². The predicted octanol–water partition coefficient (Wildman–Crippen LogP) is 8.16. The zero-order valence-corrected chi connectivity index (χ0v) is 20.7. The number of hydrogen-bond acceptors (Lipinski definition) is 4. The molecule has 174 valence electrons. The summed E-state index contributed by atoms with van der Waals surface area (Å²) in [6.45, 7) is 10.7. The minimum atomic E-state index is -0.0401. The first-order valence-corrected chi connectivity index (χ1v) is 11.3. The van der Waals surface area contributed by atoms with Crippen LogP contribution >= 0.6 is 0 Å². The first kappa shape index (κ1) is 27.2. The summed E-state index contributed by atoms with van der Waals surface area (Å²) in [4.78, 5) is 0. The average Bonchev–Trinajstić information content (AvgIpc) is 2.73. The molecule has 0 spiro atoms. The predicted molar refractivity (Wildman–Crippen MR) is 137 cm³/mol. The second-order valence-electron chi connectivity index (χ2n) is 8.51. The van der Waals surface area contributed by atoms with Gasteiger partial charge in [0.2, 0.25) is 11.8 Å². The number of methoxy groups -OCH3 is 1. The molecule has 0 unspecified atom stereocenters. The van der Waals surface area contributed by atoms with Gasteiger partial charge in [-0.25, -0.2) is 0 Å². The largest absolute Gasteiger partial charge is 0.497 e. The molecule has 0 aromatic heterocycles. The molecule has 0 heterocycles. The van der Waals surface area contributed by atoms with Crippen LogP contribution in [0.5, 0.6) is 5.75 Å². The van der Waals surface area contributed by atoms with Crippen molar-refractivity contribution in [1.29, 1.82) is 10.8 Å². The molecule has 0 aliphatic rings. The van der Waals surface area contributed by atoms with Gasteiger partial charge in [0.1, 0.15) is 5.75 Å². The fourth-order valence-corrected chi connectivity index (χ4v) is 3.12. The molecule has 1 aromatic carbocycles. The molecule has 32 heavy (non-hydrogen) atoms. The highest BCUT2D eigenvalue weighted by atomic mass is 16.5. The van der Waals surface area contributed by atoms with E-state index in [2.05, 4.69) is 45.9 Å². The smallest absolute Gasteiger partial charge is 0.221 e. The van der Waals surface area contributed by atoms with Crippen LogP contribution in [0.2, 0.25) is 0 Å². The third-order valence-corrected chi connectivity index (χ3v) is 5.10. The Kier molecular flexibility index (Phi) is 12.7. The summed E-state index contributed by atoms with van der Waals surface area (Å²) in [5, 5.41) is 16.0. The lowest BCUT2D eigenvalue weighted by molar-refractivity contribution is 0.414. The maximum absolute atomic E-state index is 8.03. The monoisotopic (exact) mass is 436 g/mol. The summed E-state index contributed by atoms with van der Waals surface area (Å²) in [5.74, 6) is 0.667. The van der Waals surface area contributed by atoms with Crippen molar-refractivity contribution in [3.05, 3.63) is 76.4 Å². The molecule has 0 bridgehead atoms. The lowest BCUT2D eigenvalue weighted by Gasteiger charge is -2.07. The lowest BCUT2D eigenvalue weighted by atomic mass is 10.0. The SMILES string of the molecule is COc1ccc(C(=N)OC(=N)/C=C(\C)CC/C=C(\C)CC/C=C(\C)CCC=C(C)C)cc1. The van der Waals surface area contributed by atoms with Crippen LogP contribution in [-0.2, 0) is 4.74 Å². The summed E-state index contributed by atoms with van der Waals surface area (Å²) in [5.41, 5.74) is 5.93. The van der Waals surface area contributed by atoms with Gasteiger partial charge in [0, 0.05) is 5.56 Å². The van der Waals surface area contributed by atoms with E-state index in [4.69, 9.17) is 20.3 Å². The van der Waals surface area contributed by atoms with E-state index >= 15 is 0 Å². The number of allylic oxidation sites excluding steroid dienone is 7. The van der Waals surface area contributed by atoms with Crippen molar-refractivity contribution < 1.29 is 9.47 Å². The second-order valence-corrected chi connectivity index (χ2v) is 8.51. The van der Waals surface area contributed by atoms with Crippen molar-refractivity contribution in [1.82, 2.24) is 0 Å². The Balaban J connectivity index is 2.38. The molecule has 4 nitrogen and oxygen atoms in total. The van der Waals surface area contributed by atoms with Crippen LogP contribution in [0.15, 0.2) is 70.9 Å². The van der Waals surface area contributed by atoms with Gasteiger partial charge in [0.15, 0.2) is 0 Å². The normalized spacial score (nSPS) is 12.4. The molecule has 0 atom stereocenters. The van der Waals surface area contributed by atoms with Gasteiger partial charge < -0.3 is 9.47 Å². The van der Waals surface area contributed by atoms with E-state index in [0.29, 0.717) is 5.56 Å². The molecule has 2 N–H and O–H groups in total. The van der Waals surface area contributed by atoms with Crippen LogP contribution in [0.4, 0.5) is 0 Å². The fourth-order valence-electron chi connectivity index (χ4n) is 3.12. The van der Waals surface area contributed by atoms with Gasteiger partial charge in [-0.1, -0.05) is 40.5 Å². The molecular formula is C28H40N2O2. The molecule has 0 fully saturated rings. The van der Waals surface area contributed by atoms with Gasteiger partial charge in [-0.15, -0.1) is 0 Å². The summed E-state index contributed by atoms with van der Waals surface area (Å²) in [6.07, 6.45) is 14.9. The Morgan fingerprint density at radius 3 is 1.75 bits per heavy atom. The first-order valence-electron chi connectivity index (χ1n) is 11.3. The molecule has 1 rings (SSSR count). The molecule has 0 amide bonds. The van der Waals surface area contributed by atoms with Crippen LogP contribution < -0.4 is 4.74 Å². The highest BCUT2D eigenvalue weighted by molar-refractivity contribution is 6.02. The van der Waals surface area contributed by atoms with Crippen molar-refractivity contribution in [2.24, 2.45) is 0 Å². The molecule has 0 saturated heterocycles. The van der Waals surface area contributed by atoms with E-state index in [9.17, 15) is 0 Å². The van der Waals surface area contributed by atoms with E-state index in [1.54, 1.807) is 37.5 Å². The van der Waals surface area contributed by atoms with Gasteiger partial charge in [-0.05, 0) is 103 Å². The average molecular weight is 437 g/mol. The van der Waals surface area contributed by atoms with E-state index in [-0.39, 0.29) is 11.8 Å². The molecule has 0 aliphatic carbocycles. The van der Waals surface area contributed by atoms with Crippen molar-refractivity contribution in [3.8, 4) is 5.75 Å². The minimum Gasteiger partial charge on any atom is -0.497 e. The summed E-state index contributed by atoms with van der Waals surface area (Å²) in [7, 11) is 1.60. The Hall–Kier alpha value is -2.88. The second kappa shape index (κ2) is 15.0. The van der Waals surface area contributed by atoms with E-state index in [0.717, 1.165) is 49.8 Å². The highest BCUT2D eigenvalue weighted by Gasteiger charge is 2.06. The Morgan fingerprint density at radius 2 is 1.25 bits per heavy atom. The molecule has 0 radical (unpaired) electrons. The van der Waals surface area contributed by atoms with Crippen molar-refractivity contribution in [2.45, 2.75) is 73.1 Å². The van der Waals surface area contributed by atoms with Crippen molar-refractivity contribution in [2.75, 3.05) is 7.11 Å².